The van der Waals surface area contributed by atoms with Gasteiger partial charge in [-0.1, -0.05) is 52.0 Å². The Hall–Kier alpha value is -1.18. The van der Waals surface area contributed by atoms with Crippen LogP contribution in [0.1, 0.15) is 12.0 Å². The van der Waals surface area contributed by atoms with Gasteiger partial charge in [0.15, 0.2) is 0 Å². The maximum Gasteiger partial charge on any atom is 0.266 e. The van der Waals surface area contributed by atoms with Crippen LogP contribution in [-0.4, -0.2) is 27.6 Å². The molecule has 0 bridgehead atoms. The third-order valence-corrected chi connectivity index (χ3v) is 4.49. The van der Waals surface area contributed by atoms with Crippen LogP contribution in [0.5, 0.6) is 0 Å². The molecule has 0 radical (unpaired) electrons. The number of carbonyl (C=O) groups is 2. The van der Waals surface area contributed by atoms with Crippen LogP contribution in [0.15, 0.2) is 33.6 Å². The quantitative estimate of drug-likeness (QED) is 0.597. The number of rotatable bonds is 4. The molecule has 2 rings (SSSR count). The second-order valence-corrected chi connectivity index (χ2v) is 6.60. The highest BCUT2D eigenvalue weighted by Crippen LogP contribution is 2.32. The summed E-state index contributed by atoms with van der Waals surface area (Å²) < 4.78 is 1.33. The predicted molar refractivity (Wildman–Crippen MR) is 83.6 cm³/mol. The largest absolute Gasteiger partial charge is 0.550 e. The first-order chi connectivity index (χ1) is 9.47. The lowest BCUT2D eigenvalue weighted by Crippen LogP contribution is -2.33. The highest BCUT2D eigenvalue weighted by atomic mass is 79.9. The maximum atomic E-state index is 12.1. The van der Waals surface area contributed by atoms with Crippen molar-refractivity contribution in [3.05, 3.63) is 39.2 Å². The molecule has 1 fully saturated rings. The Morgan fingerprint density at radius 1 is 1.40 bits per heavy atom. The number of aliphatic carboxylic acids is 1. The summed E-state index contributed by atoms with van der Waals surface area (Å²) in [5, 5.41) is 10.5. The Bertz CT molecular complexity index is 598. The number of amides is 1. The average molecular weight is 371 g/mol. The molecular formula is C13H9BrNO3S2-. The molecule has 0 N–H and O–H groups in total. The lowest BCUT2D eigenvalue weighted by atomic mass is 10.2. The van der Waals surface area contributed by atoms with Crippen molar-refractivity contribution in [2.45, 2.75) is 6.42 Å². The zero-order chi connectivity index (χ0) is 14.7. The number of thiocarbonyl (C=S) groups is 1. The molecule has 20 heavy (non-hydrogen) atoms. The molecule has 4 nitrogen and oxygen atoms in total. The zero-order valence-electron chi connectivity index (χ0n) is 10.2. The van der Waals surface area contributed by atoms with Gasteiger partial charge in [0, 0.05) is 23.4 Å². The Balaban J connectivity index is 2.14. The molecule has 1 amide bonds. The van der Waals surface area contributed by atoms with Gasteiger partial charge in [0.05, 0.1) is 4.91 Å². The van der Waals surface area contributed by atoms with Gasteiger partial charge in [-0.15, -0.1) is 0 Å². The molecule has 1 aromatic rings. The van der Waals surface area contributed by atoms with Crippen molar-refractivity contribution < 1.29 is 14.7 Å². The minimum absolute atomic E-state index is 0.0463. The van der Waals surface area contributed by atoms with Gasteiger partial charge < -0.3 is 9.90 Å². The van der Waals surface area contributed by atoms with Gasteiger partial charge in [-0.25, -0.2) is 0 Å². The van der Waals surface area contributed by atoms with E-state index in [1.807, 2.05) is 24.3 Å². The van der Waals surface area contributed by atoms with Gasteiger partial charge in [0.2, 0.25) is 0 Å². The summed E-state index contributed by atoms with van der Waals surface area (Å²) in [6.45, 7) is 0.0463. The van der Waals surface area contributed by atoms with Gasteiger partial charge in [0.1, 0.15) is 4.32 Å². The fraction of sp³-hybridized carbons (Fsp3) is 0.154. The predicted octanol–water partition coefficient (Wildman–Crippen LogP) is 1.79. The number of nitrogens with zero attached hydrogens (tertiary/aromatic N) is 1. The Labute approximate surface area is 134 Å². The Kier molecular flexibility index (Phi) is 4.95. The second-order valence-electron chi connectivity index (χ2n) is 4.01. The van der Waals surface area contributed by atoms with Crippen LogP contribution in [0.4, 0.5) is 0 Å². The molecule has 1 aromatic carbocycles. The second kappa shape index (κ2) is 6.51. The van der Waals surface area contributed by atoms with Crippen LogP contribution >= 0.6 is 39.9 Å². The van der Waals surface area contributed by atoms with E-state index in [1.54, 1.807) is 6.08 Å². The summed E-state index contributed by atoms with van der Waals surface area (Å²) in [5.41, 5.74) is 0.883. The van der Waals surface area contributed by atoms with Crippen molar-refractivity contribution in [3.8, 4) is 0 Å². The normalized spacial score (nSPS) is 17.1. The van der Waals surface area contributed by atoms with Gasteiger partial charge in [-0.2, -0.15) is 0 Å². The number of benzene rings is 1. The van der Waals surface area contributed by atoms with Crippen LogP contribution in [0.3, 0.4) is 0 Å². The highest BCUT2D eigenvalue weighted by molar-refractivity contribution is 9.10. The molecule has 0 spiro atoms. The number of carboxylic acids is 1. The SMILES string of the molecule is O=C([O-])CCN1C(=O)/C(=C/c2ccc(Br)cc2)SC1=S. The number of carbonyl (C=O) groups excluding carboxylic acids is 2. The Morgan fingerprint density at radius 2 is 2.05 bits per heavy atom. The van der Waals surface area contributed by atoms with Gasteiger partial charge in [0.25, 0.3) is 5.91 Å². The minimum Gasteiger partial charge on any atom is -0.550 e. The van der Waals surface area contributed by atoms with Gasteiger partial charge in [-0.05, 0) is 23.8 Å². The average Bonchev–Trinajstić information content (AvgIpc) is 2.65. The van der Waals surface area contributed by atoms with Crippen molar-refractivity contribution in [1.82, 2.24) is 4.90 Å². The molecule has 7 heteroatoms. The first kappa shape index (κ1) is 15.2. The molecule has 1 aliphatic heterocycles. The number of hydrogen-bond donors (Lipinski definition) is 0. The van der Waals surface area contributed by atoms with Gasteiger partial charge >= 0.3 is 0 Å². The highest BCUT2D eigenvalue weighted by Gasteiger charge is 2.31. The first-order valence-electron chi connectivity index (χ1n) is 5.68. The Morgan fingerprint density at radius 3 is 2.65 bits per heavy atom. The number of halogens is 1. The zero-order valence-corrected chi connectivity index (χ0v) is 13.4. The van der Waals surface area contributed by atoms with E-state index in [0.29, 0.717) is 9.23 Å². The van der Waals surface area contributed by atoms with Gasteiger partial charge in [-0.3, -0.25) is 9.69 Å². The van der Waals surface area contributed by atoms with Crippen LogP contribution in [0, 0.1) is 0 Å². The standard InChI is InChI=1S/C13H10BrNO3S2/c14-9-3-1-8(2-4-9)7-10-12(18)15(13(19)20-10)6-5-11(16)17/h1-4,7H,5-6H2,(H,16,17)/p-1/b10-7-. The van der Waals surface area contributed by atoms with Crippen LogP contribution in [0.25, 0.3) is 6.08 Å². The van der Waals surface area contributed by atoms with Crippen molar-refractivity contribution in [2.24, 2.45) is 0 Å². The molecular weight excluding hydrogens is 362 g/mol. The third kappa shape index (κ3) is 3.68. The lowest BCUT2D eigenvalue weighted by Gasteiger charge is -2.14. The fourth-order valence-corrected chi connectivity index (χ4v) is 3.18. The lowest BCUT2D eigenvalue weighted by molar-refractivity contribution is -0.305. The molecule has 1 saturated heterocycles. The number of carboxylic acid groups (broad SMARTS) is 1. The van der Waals surface area contributed by atoms with Crippen molar-refractivity contribution in [1.29, 1.82) is 0 Å². The number of thioether (sulfide) groups is 1. The van der Waals surface area contributed by atoms with Crippen LogP contribution in [0.2, 0.25) is 0 Å². The molecule has 1 aliphatic rings. The summed E-state index contributed by atoms with van der Waals surface area (Å²) in [4.78, 5) is 24.4. The molecule has 104 valence electrons. The van der Waals surface area contributed by atoms with E-state index in [1.165, 1.54) is 16.7 Å². The van der Waals surface area contributed by atoms with E-state index in [4.69, 9.17) is 12.2 Å². The molecule has 1 heterocycles. The van der Waals surface area contributed by atoms with E-state index in [2.05, 4.69) is 15.9 Å². The fourth-order valence-electron chi connectivity index (χ4n) is 1.61. The molecule has 0 saturated carbocycles. The van der Waals surface area contributed by atoms with E-state index < -0.39 is 5.97 Å². The maximum absolute atomic E-state index is 12.1. The summed E-state index contributed by atoms with van der Waals surface area (Å²) in [6, 6.07) is 7.50. The summed E-state index contributed by atoms with van der Waals surface area (Å²) in [6.07, 6.45) is 1.52. The summed E-state index contributed by atoms with van der Waals surface area (Å²) in [5.74, 6) is -1.46. The van der Waals surface area contributed by atoms with E-state index >= 15 is 0 Å². The smallest absolute Gasteiger partial charge is 0.266 e. The van der Waals surface area contributed by atoms with Crippen molar-refractivity contribution in [2.75, 3.05) is 6.54 Å². The van der Waals surface area contributed by atoms with E-state index in [9.17, 15) is 14.7 Å². The van der Waals surface area contributed by atoms with Crippen LogP contribution < -0.4 is 5.11 Å². The summed E-state index contributed by atoms with van der Waals surface area (Å²) in [7, 11) is 0. The molecule has 0 atom stereocenters. The topological polar surface area (TPSA) is 60.4 Å². The molecule has 0 aromatic heterocycles. The van der Waals surface area contributed by atoms with E-state index in [0.717, 1.165) is 10.0 Å². The monoisotopic (exact) mass is 370 g/mol. The van der Waals surface area contributed by atoms with Crippen molar-refractivity contribution >= 4 is 62.2 Å². The number of hydrogen-bond acceptors (Lipinski definition) is 5. The summed E-state index contributed by atoms with van der Waals surface area (Å²) >= 11 is 9.61. The van der Waals surface area contributed by atoms with Crippen LogP contribution in [-0.2, 0) is 9.59 Å². The molecule has 0 unspecified atom stereocenters. The van der Waals surface area contributed by atoms with Crippen molar-refractivity contribution in [3.63, 3.8) is 0 Å². The third-order valence-electron chi connectivity index (χ3n) is 2.58. The van der Waals surface area contributed by atoms with E-state index in [-0.39, 0.29) is 18.9 Å². The molecule has 0 aliphatic carbocycles. The first-order valence-corrected chi connectivity index (χ1v) is 7.70. The minimum atomic E-state index is -1.20.